The van der Waals surface area contributed by atoms with Crippen LogP contribution in [0.15, 0.2) is 207 Å². The number of nitrogens with zero attached hydrogens (tertiary/aromatic N) is 1. The summed E-state index contributed by atoms with van der Waals surface area (Å²) < 4.78 is 80.1. The van der Waals surface area contributed by atoms with Crippen LogP contribution in [-0.4, -0.2) is 96.6 Å². The number of thiocyanates is 1. The van der Waals surface area contributed by atoms with Crippen molar-refractivity contribution >= 4 is 62.9 Å². The van der Waals surface area contributed by atoms with E-state index in [1.54, 1.807) is 41.1 Å². The molecule has 21 heteroatoms. The molecule has 0 aliphatic carbocycles. The quantitative estimate of drug-likeness (QED) is 0.0713. The third-order valence-corrected chi connectivity index (χ3v) is 25.2. The molecule has 7 aromatic carbocycles. The van der Waals surface area contributed by atoms with E-state index in [4.69, 9.17) is 57.0 Å². The summed E-state index contributed by atoms with van der Waals surface area (Å²) in [5, 5.41) is 37.7. The van der Waals surface area contributed by atoms with E-state index in [1.165, 1.54) is 84.8 Å². The van der Waals surface area contributed by atoms with Crippen LogP contribution in [0.5, 0.6) is 0 Å². The van der Waals surface area contributed by atoms with Gasteiger partial charge in [0.25, 0.3) is 0 Å². The molecule has 115 heavy (non-hydrogen) atoms. The van der Waals surface area contributed by atoms with E-state index in [1.807, 2.05) is 54.6 Å². The average Bonchev–Trinajstić information content (AvgIpc) is 1.76. The fourth-order valence-electron chi connectivity index (χ4n) is 17.1. The number of halogens is 1. The first-order valence-electron chi connectivity index (χ1n) is 40.4. The van der Waals surface area contributed by atoms with E-state index in [-0.39, 0.29) is 108 Å². The highest BCUT2D eigenvalue weighted by molar-refractivity contribution is 8.03. The van der Waals surface area contributed by atoms with Gasteiger partial charge >= 0.3 is 0 Å². The van der Waals surface area contributed by atoms with Gasteiger partial charge in [0.1, 0.15) is 84.1 Å². The maximum absolute atomic E-state index is 13.7. The van der Waals surface area contributed by atoms with Gasteiger partial charge in [-0.05, 0) is 179 Å². The molecule has 602 valence electrons. The highest BCUT2D eigenvalue weighted by Crippen LogP contribution is 2.52. The Hall–Kier alpha value is -8.41. The summed E-state index contributed by atoms with van der Waals surface area (Å²) in [4.78, 5) is 0.930. The van der Waals surface area contributed by atoms with Gasteiger partial charge < -0.3 is 78.4 Å². The molecule has 13 heterocycles. The van der Waals surface area contributed by atoms with E-state index in [9.17, 15) is 4.39 Å². The number of ether oxygens (including phenoxy) is 10. The molecule has 0 saturated carbocycles. The molecule has 0 bridgehead atoms. The number of thiophene rings is 2. The van der Waals surface area contributed by atoms with Gasteiger partial charge in [0.15, 0.2) is 0 Å². The van der Waals surface area contributed by atoms with E-state index >= 15 is 0 Å². The Balaban J connectivity index is 0.000000108. The van der Waals surface area contributed by atoms with Crippen LogP contribution in [0, 0.1) is 16.5 Å². The molecular formula is C94H105FN6O11S3. The van der Waals surface area contributed by atoms with Crippen molar-refractivity contribution in [3.05, 3.63) is 282 Å². The second kappa shape index (κ2) is 35.4. The van der Waals surface area contributed by atoms with Gasteiger partial charge in [-0.1, -0.05) is 160 Å². The molecule has 0 radical (unpaired) electrons. The van der Waals surface area contributed by atoms with Crippen LogP contribution in [-0.2, 0) is 58.2 Å². The first-order valence-corrected chi connectivity index (χ1v) is 43.1. The minimum atomic E-state index is -0.235. The lowest BCUT2D eigenvalue weighted by molar-refractivity contribution is -0.152. The molecular weight excluding hydrogens is 1500 g/mol. The van der Waals surface area contributed by atoms with Crippen LogP contribution in [0.25, 0.3) is 0 Å². The highest BCUT2D eigenvalue weighted by Gasteiger charge is 2.47. The zero-order valence-electron chi connectivity index (χ0n) is 67.0. The number of rotatable bonds is 8. The smallest absolute Gasteiger partial charge is 0.138 e. The number of hydrogen-bond acceptors (Lipinski definition) is 20. The lowest BCUT2D eigenvalue weighted by Crippen LogP contribution is -2.43. The molecule has 5 fully saturated rings. The van der Waals surface area contributed by atoms with Crippen LogP contribution in [0.4, 0.5) is 32.8 Å². The average molecular weight is 1610 g/mol. The van der Waals surface area contributed by atoms with Gasteiger partial charge in [-0.3, -0.25) is 0 Å². The standard InChI is InChI=1S/C21H24FNO2.C19H23NO3.C18H16N2O2S.2C18H21NO2S/c1-21(2,3)14-7-8-17-16(12-14)19-20(25-10-9-24-19)18(23-17)13-5-4-6-15(22)11-13;1-19(2,3)12-6-7-14-13(11-12)17-18(23-10-9-22-17)16(20-14)15-5-4-8-21-15;19-11-23-13-6-7-15-14(10-13)17-18(22-9-8-21-17)16(20-15)12-4-2-1-3-5-12;2*1-11(2)12-3-4-15-14(9-12)17-18(21-7-6-20-17)16(19-15)13-5-8-22-10-13/h4-8,11-12,18-20,23H,9-10H2,1-3H3;4-8,11,16-18,20H,9-10H2,1-3H3;1-7,10,16-18,20H,8-9H2;2*3-5,8-11,16-19H,6-7H2,1-2H3/t;16-,17+,18-;;16-,17+,18-;/m.0.1./s1. The number of thioether (sulfide) groups is 1. The zero-order valence-corrected chi connectivity index (χ0v) is 69.4. The normalized spacial score (nSPS) is 26.5. The lowest BCUT2D eigenvalue weighted by atomic mass is 9.82. The summed E-state index contributed by atoms with van der Waals surface area (Å²) in [6, 6.07) is 58.0. The van der Waals surface area contributed by atoms with Gasteiger partial charge in [0.2, 0.25) is 0 Å². The fourth-order valence-corrected chi connectivity index (χ4v) is 19.0. The van der Waals surface area contributed by atoms with Gasteiger partial charge in [-0.15, -0.1) is 0 Å². The predicted molar refractivity (Wildman–Crippen MR) is 453 cm³/mol. The van der Waals surface area contributed by atoms with Crippen molar-refractivity contribution in [2.24, 2.45) is 0 Å². The number of fused-ring (bicyclic) bond motifs is 15. The minimum absolute atomic E-state index is 0.0219. The summed E-state index contributed by atoms with van der Waals surface area (Å²) in [6.45, 7) is 28.5. The molecule has 5 saturated heterocycles. The van der Waals surface area contributed by atoms with Crippen LogP contribution in [0.2, 0.25) is 0 Å². The largest absolute Gasteiger partial charge is 0.467 e. The summed E-state index contributed by atoms with van der Waals surface area (Å²) >= 11 is 4.61. The van der Waals surface area contributed by atoms with Crippen molar-refractivity contribution in [2.45, 2.75) is 188 Å². The summed E-state index contributed by atoms with van der Waals surface area (Å²) in [5.74, 6) is 1.68. The predicted octanol–water partition coefficient (Wildman–Crippen LogP) is 21.8. The van der Waals surface area contributed by atoms with Gasteiger partial charge in [0.05, 0.1) is 96.5 Å². The van der Waals surface area contributed by atoms with E-state index in [0.717, 1.165) is 44.4 Å². The number of furan rings is 1. The molecule has 0 amide bonds. The van der Waals surface area contributed by atoms with E-state index < -0.39 is 0 Å². The Labute approximate surface area is 687 Å². The first kappa shape index (κ1) is 80.4. The van der Waals surface area contributed by atoms with Gasteiger partial charge in [0, 0.05) is 61.1 Å². The number of nitrogens with one attached hydrogen (secondary N) is 5. The number of nitriles is 1. The monoisotopic (exact) mass is 1610 g/mol. The second-order valence-electron chi connectivity index (χ2n) is 33.4. The molecule has 9 unspecified atom stereocenters. The van der Waals surface area contributed by atoms with Crippen molar-refractivity contribution in [1.82, 2.24) is 0 Å². The lowest BCUT2D eigenvalue weighted by Gasteiger charge is -2.43. The fraction of sp³-hybridized carbons (Fsp3) is 0.415. The molecule has 17 nitrogen and oxygen atoms in total. The molecule has 3 aromatic heterocycles. The SMILES string of the molecule is CC(C)(C)c1ccc2c(c1)C1OCCOC1C(c1cccc(F)c1)N2.CC(C)(C)c1ccc2c(c1)[C@H]1OCCO[C@H]1[C@H](c1ccco1)N2.CC(C)c1ccc2c(c1)C1OCCOC1C(c1ccsc1)N2.CC(C)c1ccc2c(c1)[C@@H]1OCCO[C@@H]1[C@@H](c1ccsc1)N2.N#CSc1ccc2c(c1)C1OCCOC1C(c1ccccc1)N2. The Morgan fingerprint density at radius 1 is 0.383 bits per heavy atom. The third kappa shape index (κ3) is 17.6. The first-order chi connectivity index (χ1) is 55.8. The van der Waals surface area contributed by atoms with Crippen molar-refractivity contribution < 1.29 is 56.2 Å². The Bertz CT molecular complexity index is 4840. The number of anilines is 5. The van der Waals surface area contributed by atoms with Crippen molar-refractivity contribution in [2.75, 3.05) is 92.7 Å². The molecule has 20 rings (SSSR count). The number of benzene rings is 7. The summed E-state index contributed by atoms with van der Waals surface area (Å²) in [5.41, 5.74) is 21.5. The van der Waals surface area contributed by atoms with Crippen LogP contribution >= 0.6 is 34.4 Å². The molecule has 0 spiro atoms. The van der Waals surface area contributed by atoms with Crippen LogP contribution in [0.3, 0.4) is 0 Å². The minimum Gasteiger partial charge on any atom is -0.467 e. The van der Waals surface area contributed by atoms with Crippen LogP contribution < -0.4 is 26.6 Å². The topological polar surface area (TPSA) is 189 Å². The number of hydrogen-bond donors (Lipinski definition) is 5. The molecule has 5 N–H and O–H groups in total. The third-order valence-electron chi connectivity index (χ3n) is 23.2. The molecule has 10 aliphatic heterocycles. The summed E-state index contributed by atoms with van der Waals surface area (Å²) in [7, 11) is 0. The van der Waals surface area contributed by atoms with Crippen molar-refractivity contribution in [3.63, 3.8) is 0 Å². The molecule has 10 aromatic rings. The maximum Gasteiger partial charge on any atom is 0.138 e. The van der Waals surface area contributed by atoms with Gasteiger partial charge in [-0.25, -0.2) is 4.39 Å². The highest BCUT2D eigenvalue weighted by atomic mass is 32.2. The molecule has 15 atom stereocenters. The maximum atomic E-state index is 13.7. The van der Waals surface area contributed by atoms with Crippen molar-refractivity contribution in [1.29, 1.82) is 5.26 Å². The van der Waals surface area contributed by atoms with Gasteiger partial charge in [-0.2, -0.15) is 27.9 Å². The Kier molecular flexibility index (Phi) is 24.8. The Morgan fingerprint density at radius 2 is 0.757 bits per heavy atom. The van der Waals surface area contributed by atoms with E-state index in [0.29, 0.717) is 77.9 Å². The summed E-state index contributed by atoms with van der Waals surface area (Å²) in [6.07, 6.45) is 1.21. The van der Waals surface area contributed by atoms with Crippen LogP contribution in [0.1, 0.15) is 220 Å². The Morgan fingerprint density at radius 3 is 1.15 bits per heavy atom. The van der Waals surface area contributed by atoms with E-state index in [2.05, 4.69) is 220 Å². The van der Waals surface area contributed by atoms with Crippen molar-refractivity contribution in [3.8, 4) is 5.40 Å². The zero-order chi connectivity index (χ0) is 79.5. The molecule has 10 aliphatic rings. The second-order valence-corrected chi connectivity index (χ2v) is 35.8.